The molecule has 1 saturated heterocycles. The van der Waals surface area contributed by atoms with Crippen molar-refractivity contribution in [3.63, 3.8) is 0 Å². The minimum atomic E-state index is 0.166. The zero-order valence-corrected chi connectivity index (χ0v) is 12.1. The lowest BCUT2D eigenvalue weighted by Gasteiger charge is -2.20. The standard InChI is InChI=1S/C16H24N2O/c1-4-13-9-10-18(11-13)16(19)14-7-5-6-8-15(14)17-12(2)3/h5-8,12-13,17H,4,9-11H2,1-3H3. The fraction of sp³-hybridized carbons (Fsp3) is 0.562. The molecule has 0 saturated carbocycles. The molecule has 3 nitrogen and oxygen atoms in total. The second kappa shape index (κ2) is 6.09. The Morgan fingerprint density at radius 2 is 2.16 bits per heavy atom. The normalized spacial score (nSPS) is 18.9. The summed E-state index contributed by atoms with van der Waals surface area (Å²) in [5, 5.41) is 3.36. The van der Waals surface area contributed by atoms with Crippen LogP contribution in [0.5, 0.6) is 0 Å². The Labute approximate surface area is 116 Å². The number of nitrogens with zero attached hydrogens (tertiary/aromatic N) is 1. The van der Waals surface area contributed by atoms with E-state index in [0.29, 0.717) is 12.0 Å². The van der Waals surface area contributed by atoms with Gasteiger partial charge in [0, 0.05) is 24.8 Å². The lowest BCUT2D eigenvalue weighted by atomic mass is 10.1. The molecule has 104 valence electrons. The first-order valence-electron chi connectivity index (χ1n) is 7.26. The smallest absolute Gasteiger partial charge is 0.255 e. The molecule has 1 atom stereocenters. The molecule has 1 aromatic rings. The Hall–Kier alpha value is -1.51. The lowest BCUT2D eigenvalue weighted by molar-refractivity contribution is 0.0788. The summed E-state index contributed by atoms with van der Waals surface area (Å²) in [7, 11) is 0. The lowest BCUT2D eigenvalue weighted by Crippen LogP contribution is -2.29. The van der Waals surface area contributed by atoms with E-state index < -0.39 is 0 Å². The highest BCUT2D eigenvalue weighted by atomic mass is 16.2. The average molecular weight is 260 g/mol. The minimum absolute atomic E-state index is 0.166. The monoisotopic (exact) mass is 260 g/mol. The predicted molar refractivity (Wildman–Crippen MR) is 79.5 cm³/mol. The molecule has 0 bridgehead atoms. The molecule has 1 aromatic carbocycles. The third-order valence-corrected chi connectivity index (χ3v) is 3.75. The van der Waals surface area contributed by atoms with E-state index in [4.69, 9.17) is 0 Å². The molecule has 1 N–H and O–H groups in total. The predicted octanol–water partition coefficient (Wildman–Crippen LogP) is 3.38. The number of hydrogen-bond acceptors (Lipinski definition) is 2. The number of benzene rings is 1. The first kappa shape index (κ1) is 13.9. The summed E-state index contributed by atoms with van der Waals surface area (Å²) in [4.78, 5) is 14.6. The van der Waals surface area contributed by atoms with E-state index in [0.717, 1.165) is 37.2 Å². The van der Waals surface area contributed by atoms with Gasteiger partial charge in [-0.05, 0) is 38.3 Å². The molecule has 1 amide bonds. The van der Waals surface area contributed by atoms with Crippen LogP contribution in [0.1, 0.15) is 44.0 Å². The number of hydrogen-bond donors (Lipinski definition) is 1. The van der Waals surface area contributed by atoms with Crippen molar-refractivity contribution in [2.45, 2.75) is 39.7 Å². The number of nitrogens with one attached hydrogen (secondary N) is 1. The highest BCUT2D eigenvalue weighted by Gasteiger charge is 2.26. The van der Waals surface area contributed by atoms with E-state index in [2.05, 4.69) is 26.1 Å². The number of carbonyl (C=O) groups excluding carboxylic acids is 1. The molecule has 0 radical (unpaired) electrons. The first-order valence-corrected chi connectivity index (χ1v) is 7.26. The summed E-state index contributed by atoms with van der Waals surface area (Å²) in [5.74, 6) is 0.842. The quantitative estimate of drug-likeness (QED) is 0.900. The van der Waals surface area contributed by atoms with Crippen LogP contribution in [0.3, 0.4) is 0 Å². The van der Waals surface area contributed by atoms with Gasteiger partial charge in [0.05, 0.1) is 5.56 Å². The topological polar surface area (TPSA) is 32.3 Å². The van der Waals surface area contributed by atoms with E-state index >= 15 is 0 Å². The summed E-state index contributed by atoms with van der Waals surface area (Å²) in [6.45, 7) is 8.18. The van der Waals surface area contributed by atoms with Crippen LogP contribution in [0, 0.1) is 5.92 Å². The highest BCUT2D eigenvalue weighted by Crippen LogP contribution is 2.24. The van der Waals surface area contributed by atoms with E-state index in [9.17, 15) is 4.79 Å². The van der Waals surface area contributed by atoms with Gasteiger partial charge in [0.25, 0.3) is 5.91 Å². The van der Waals surface area contributed by atoms with Gasteiger partial charge in [-0.25, -0.2) is 0 Å². The maximum absolute atomic E-state index is 12.6. The van der Waals surface area contributed by atoms with E-state index in [1.807, 2.05) is 29.2 Å². The molecule has 1 heterocycles. The van der Waals surface area contributed by atoms with Crippen molar-refractivity contribution in [1.82, 2.24) is 4.90 Å². The Morgan fingerprint density at radius 3 is 2.79 bits per heavy atom. The van der Waals surface area contributed by atoms with Crippen molar-refractivity contribution < 1.29 is 4.79 Å². The van der Waals surface area contributed by atoms with E-state index in [1.54, 1.807) is 0 Å². The van der Waals surface area contributed by atoms with Crippen LogP contribution in [0.15, 0.2) is 24.3 Å². The van der Waals surface area contributed by atoms with Gasteiger partial charge in [-0.3, -0.25) is 4.79 Å². The summed E-state index contributed by atoms with van der Waals surface area (Å²) in [6.07, 6.45) is 2.30. The Morgan fingerprint density at radius 1 is 1.42 bits per heavy atom. The molecule has 1 aliphatic rings. The maximum Gasteiger partial charge on any atom is 0.255 e. The van der Waals surface area contributed by atoms with Crippen molar-refractivity contribution in [2.75, 3.05) is 18.4 Å². The molecule has 1 fully saturated rings. The van der Waals surface area contributed by atoms with Gasteiger partial charge in [-0.2, -0.15) is 0 Å². The summed E-state index contributed by atoms with van der Waals surface area (Å²) < 4.78 is 0. The van der Waals surface area contributed by atoms with Gasteiger partial charge in [0.2, 0.25) is 0 Å². The number of likely N-dealkylation sites (tertiary alicyclic amines) is 1. The largest absolute Gasteiger partial charge is 0.382 e. The van der Waals surface area contributed by atoms with Gasteiger partial charge in [0.15, 0.2) is 0 Å². The van der Waals surface area contributed by atoms with Gasteiger partial charge < -0.3 is 10.2 Å². The molecular weight excluding hydrogens is 236 g/mol. The second-order valence-electron chi connectivity index (χ2n) is 5.66. The third-order valence-electron chi connectivity index (χ3n) is 3.75. The van der Waals surface area contributed by atoms with Crippen LogP contribution in [-0.2, 0) is 0 Å². The Balaban J connectivity index is 2.15. The van der Waals surface area contributed by atoms with Crippen LogP contribution in [0.4, 0.5) is 5.69 Å². The Kier molecular flexibility index (Phi) is 4.46. The van der Waals surface area contributed by atoms with Crippen LogP contribution >= 0.6 is 0 Å². The van der Waals surface area contributed by atoms with Crippen LogP contribution in [0.2, 0.25) is 0 Å². The molecule has 1 aliphatic heterocycles. The van der Waals surface area contributed by atoms with Crippen LogP contribution < -0.4 is 5.32 Å². The van der Waals surface area contributed by atoms with Crippen LogP contribution in [-0.4, -0.2) is 29.9 Å². The van der Waals surface area contributed by atoms with Gasteiger partial charge in [0.1, 0.15) is 0 Å². The van der Waals surface area contributed by atoms with Gasteiger partial charge in [-0.15, -0.1) is 0 Å². The molecule has 2 rings (SSSR count). The number of amides is 1. The SMILES string of the molecule is CCC1CCN(C(=O)c2ccccc2NC(C)C)C1. The van der Waals surface area contributed by atoms with Gasteiger partial charge >= 0.3 is 0 Å². The summed E-state index contributed by atoms with van der Waals surface area (Å²) >= 11 is 0. The zero-order valence-electron chi connectivity index (χ0n) is 12.1. The number of carbonyl (C=O) groups is 1. The fourth-order valence-electron chi connectivity index (χ4n) is 2.63. The molecule has 0 aromatic heterocycles. The fourth-order valence-corrected chi connectivity index (χ4v) is 2.63. The van der Waals surface area contributed by atoms with Crippen molar-refractivity contribution in [1.29, 1.82) is 0 Å². The van der Waals surface area contributed by atoms with E-state index in [1.165, 1.54) is 0 Å². The molecule has 1 unspecified atom stereocenters. The third kappa shape index (κ3) is 3.28. The number of anilines is 1. The molecule has 19 heavy (non-hydrogen) atoms. The number of para-hydroxylation sites is 1. The minimum Gasteiger partial charge on any atom is -0.382 e. The molecular formula is C16H24N2O. The highest BCUT2D eigenvalue weighted by molar-refractivity contribution is 5.99. The van der Waals surface area contributed by atoms with Crippen molar-refractivity contribution >= 4 is 11.6 Å². The van der Waals surface area contributed by atoms with E-state index in [-0.39, 0.29) is 5.91 Å². The molecule has 0 aliphatic carbocycles. The average Bonchev–Trinajstić information content (AvgIpc) is 2.86. The number of rotatable bonds is 4. The van der Waals surface area contributed by atoms with Crippen molar-refractivity contribution in [3.05, 3.63) is 29.8 Å². The molecule has 0 spiro atoms. The van der Waals surface area contributed by atoms with Crippen LogP contribution in [0.25, 0.3) is 0 Å². The maximum atomic E-state index is 12.6. The van der Waals surface area contributed by atoms with Gasteiger partial charge in [-0.1, -0.05) is 25.5 Å². The Bertz CT molecular complexity index is 442. The second-order valence-corrected chi connectivity index (χ2v) is 5.66. The first-order chi connectivity index (χ1) is 9.11. The van der Waals surface area contributed by atoms with Crippen molar-refractivity contribution in [2.24, 2.45) is 5.92 Å². The summed E-state index contributed by atoms with van der Waals surface area (Å²) in [6, 6.07) is 8.15. The zero-order chi connectivity index (χ0) is 13.8. The summed E-state index contributed by atoms with van der Waals surface area (Å²) in [5.41, 5.74) is 1.75. The van der Waals surface area contributed by atoms with Crippen molar-refractivity contribution in [3.8, 4) is 0 Å². The molecule has 3 heteroatoms.